The molecule has 0 saturated carbocycles. The van der Waals surface area contributed by atoms with Gasteiger partial charge in [0.05, 0.1) is 5.69 Å². The van der Waals surface area contributed by atoms with Crippen molar-refractivity contribution in [3.8, 4) is 11.5 Å². The first kappa shape index (κ1) is 14.9. The Labute approximate surface area is 118 Å². The minimum absolute atomic E-state index is 0. The van der Waals surface area contributed by atoms with Gasteiger partial charge >= 0.3 is 0 Å². The van der Waals surface area contributed by atoms with Gasteiger partial charge in [-0.2, -0.15) is 0 Å². The molecule has 100 valence electrons. The number of carbonyl (C=O) groups excluding carboxylic acids is 1. The van der Waals surface area contributed by atoms with Gasteiger partial charge in [-0.05, 0) is 24.3 Å². The molecule has 2 rings (SSSR count). The zero-order valence-electron chi connectivity index (χ0n) is 10.4. The SMILES string of the molecule is CC(=O)Nc1cccc(Oc2ccccc2N)c1.Cl. The van der Waals surface area contributed by atoms with Crippen molar-refractivity contribution >= 4 is 29.7 Å². The molecule has 0 aliphatic carbocycles. The van der Waals surface area contributed by atoms with Gasteiger partial charge in [-0.1, -0.05) is 18.2 Å². The van der Waals surface area contributed by atoms with E-state index in [1.165, 1.54) is 6.92 Å². The van der Waals surface area contributed by atoms with E-state index in [4.69, 9.17) is 10.5 Å². The second-order valence-corrected chi connectivity index (χ2v) is 3.85. The summed E-state index contributed by atoms with van der Waals surface area (Å²) in [4.78, 5) is 11.0. The van der Waals surface area contributed by atoms with Crippen molar-refractivity contribution in [1.82, 2.24) is 0 Å². The zero-order valence-corrected chi connectivity index (χ0v) is 11.2. The lowest BCUT2D eigenvalue weighted by atomic mass is 10.2. The zero-order chi connectivity index (χ0) is 13.0. The molecule has 0 atom stereocenters. The number of hydrogen-bond acceptors (Lipinski definition) is 3. The number of ether oxygens (including phenoxy) is 1. The van der Waals surface area contributed by atoms with Gasteiger partial charge in [-0.3, -0.25) is 4.79 Å². The van der Waals surface area contributed by atoms with E-state index in [1.807, 2.05) is 12.1 Å². The van der Waals surface area contributed by atoms with E-state index >= 15 is 0 Å². The second kappa shape index (κ2) is 6.66. The van der Waals surface area contributed by atoms with Crippen LogP contribution in [0, 0.1) is 0 Å². The summed E-state index contributed by atoms with van der Waals surface area (Å²) in [5.74, 6) is 1.10. The van der Waals surface area contributed by atoms with Gasteiger partial charge in [0.25, 0.3) is 0 Å². The Bertz CT molecular complexity index is 573. The second-order valence-electron chi connectivity index (χ2n) is 3.85. The molecule has 0 aliphatic heterocycles. The van der Waals surface area contributed by atoms with Crippen molar-refractivity contribution in [1.29, 1.82) is 0 Å². The third-order valence-corrected chi connectivity index (χ3v) is 2.30. The van der Waals surface area contributed by atoms with Crippen molar-refractivity contribution in [2.45, 2.75) is 6.92 Å². The minimum atomic E-state index is -0.119. The fourth-order valence-electron chi connectivity index (χ4n) is 1.54. The monoisotopic (exact) mass is 278 g/mol. The molecule has 0 unspecified atom stereocenters. The fraction of sp³-hybridized carbons (Fsp3) is 0.0714. The van der Waals surface area contributed by atoms with Crippen molar-refractivity contribution in [2.24, 2.45) is 0 Å². The van der Waals surface area contributed by atoms with Crippen LogP contribution in [-0.4, -0.2) is 5.91 Å². The summed E-state index contributed by atoms with van der Waals surface area (Å²) in [5, 5.41) is 2.70. The maximum absolute atomic E-state index is 11.0. The topological polar surface area (TPSA) is 64.3 Å². The first-order valence-electron chi connectivity index (χ1n) is 5.55. The van der Waals surface area contributed by atoms with Crippen molar-refractivity contribution < 1.29 is 9.53 Å². The molecule has 1 amide bonds. The summed E-state index contributed by atoms with van der Waals surface area (Å²) < 4.78 is 5.66. The van der Waals surface area contributed by atoms with E-state index in [2.05, 4.69) is 5.32 Å². The highest BCUT2D eigenvalue weighted by Crippen LogP contribution is 2.28. The van der Waals surface area contributed by atoms with E-state index in [1.54, 1.807) is 36.4 Å². The van der Waals surface area contributed by atoms with Crippen LogP contribution in [0.1, 0.15) is 6.92 Å². The molecule has 3 N–H and O–H groups in total. The quantitative estimate of drug-likeness (QED) is 0.845. The minimum Gasteiger partial charge on any atom is -0.455 e. The predicted octanol–water partition coefficient (Wildman–Crippen LogP) is 3.44. The Balaban J connectivity index is 0.00000180. The lowest BCUT2D eigenvalue weighted by Gasteiger charge is -2.09. The van der Waals surface area contributed by atoms with Gasteiger partial charge in [0, 0.05) is 18.7 Å². The summed E-state index contributed by atoms with van der Waals surface area (Å²) in [7, 11) is 0. The molecule has 2 aromatic carbocycles. The number of amides is 1. The molecule has 0 aromatic heterocycles. The molecule has 0 radical (unpaired) electrons. The standard InChI is InChI=1S/C14H14N2O2.ClH/c1-10(17)16-11-5-4-6-12(9-11)18-14-8-3-2-7-13(14)15;/h2-9H,15H2,1H3,(H,16,17);1H. The first-order valence-corrected chi connectivity index (χ1v) is 5.55. The third-order valence-electron chi connectivity index (χ3n) is 2.30. The third kappa shape index (κ3) is 4.19. The Morgan fingerprint density at radius 1 is 1.16 bits per heavy atom. The summed E-state index contributed by atoms with van der Waals surface area (Å²) in [5.41, 5.74) is 7.05. The molecule has 2 aromatic rings. The van der Waals surface area contributed by atoms with Crippen LogP contribution in [0.2, 0.25) is 0 Å². The van der Waals surface area contributed by atoms with Crippen LogP contribution in [0.3, 0.4) is 0 Å². The average Bonchev–Trinajstić information content (AvgIpc) is 2.32. The molecule has 0 spiro atoms. The highest BCUT2D eigenvalue weighted by atomic mass is 35.5. The lowest BCUT2D eigenvalue weighted by molar-refractivity contribution is -0.114. The van der Waals surface area contributed by atoms with Crippen LogP contribution in [0.5, 0.6) is 11.5 Å². The molecular formula is C14H15ClN2O2. The van der Waals surface area contributed by atoms with Crippen LogP contribution >= 0.6 is 12.4 Å². The van der Waals surface area contributed by atoms with Crippen LogP contribution in [-0.2, 0) is 4.79 Å². The number of nitrogen functional groups attached to an aromatic ring is 1. The highest BCUT2D eigenvalue weighted by Gasteiger charge is 2.02. The van der Waals surface area contributed by atoms with E-state index in [0.717, 1.165) is 0 Å². The number of rotatable bonds is 3. The number of halogens is 1. The van der Waals surface area contributed by atoms with Gasteiger partial charge in [0.1, 0.15) is 11.5 Å². The highest BCUT2D eigenvalue weighted by molar-refractivity contribution is 5.88. The van der Waals surface area contributed by atoms with Crippen molar-refractivity contribution in [3.05, 3.63) is 48.5 Å². The maximum atomic E-state index is 11.0. The van der Waals surface area contributed by atoms with E-state index in [0.29, 0.717) is 22.9 Å². The van der Waals surface area contributed by atoms with Crippen molar-refractivity contribution in [2.75, 3.05) is 11.1 Å². The largest absolute Gasteiger partial charge is 0.455 e. The number of nitrogens with two attached hydrogens (primary N) is 1. The molecule has 0 heterocycles. The number of benzene rings is 2. The Morgan fingerprint density at radius 3 is 2.58 bits per heavy atom. The van der Waals surface area contributed by atoms with E-state index < -0.39 is 0 Å². The number of nitrogens with one attached hydrogen (secondary N) is 1. The van der Waals surface area contributed by atoms with Gasteiger partial charge in [0.15, 0.2) is 0 Å². The normalized spacial score (nSPS) is 9.32. The van der Waals surface area contributed by atoms with Gasteiger partial charge in [-0.15, -0.1) is 12.4 Å². The van der Waals surface area contributed by atoms with Crippen molar-refractivity contribution in [3.63, 3.8) is 0 Å². The Morgan fingerprint density at radius 2 is 1.89 bits per heavy atom. The molecule has 4 nitrogen and oxygen atoms in total. The van der Waals surface area contributed by atoms with Gasteiger partial charge in [0.2, 0.25) is 5.91 Å². The van der Waals surface area contributed by atoms with Crippen LogP contribution in [0.4, 0.5) is 11.4 Å². The lowest BCUT2D eigenvalue weighted by Crippen LogP contribution is -2.05. The van der Waals surface area contributed by atoms with Gasteiger partial charge in [-0.25, -0.2) is 0 Å². The average molecular weight is 279 g/mol. The molecule has 19 heavy (non-hydrogen) atoms. The molecule has 0 fully saturated rings. The molecule has 5 heteroatoms. The molecule has 0 saturated heterocycles. The summed E-state index contributed by atoms with van der Waals surface area (Å²) >= 11 is 0. The summed E-state index contributed by atoms with van der Waals surface area (Å²) in [6.45, 7) is 1.46. The summed E-state index contributed by atoms with van der Waals surface area (Å²) in [6, 6.07) is 14.4. The van der Waals surface area contributed by atoms with Crippen LogP contribution < -0.4 is 15.8 Å². The molecular weight excluding hydrogens is 264 g/mol. The predicted molar refractivity (Wildman–Crippen MR) is 78.9 cm³/mol. The van der Waals surface area contributed by atoms with Crippen LogP contribution in [0.15, 0.2) is 48.5 Å². The Kier molecular flexibility index (Phi) is 5.21. The first-order chi connectivity index (χ1) is 8.65. The van der Waals surface area contributed by atoms with Crippen LogP contribution in [0.25, 0.3) is 0 Å². The Hall–Kier alpha value is -2.20. The van der Waals surface area contributed by atoms with E-state index in [9.17, 15) is 4.79 Å². The number of para-hydroxylation sites is 2. The number of carbonyl (C=O) groups is 1. The maximum Gasteiger partial charge on any atom is 0.221 e. The number of anilines is 2. The number of hydrogen-bond donors (Lipinski definition) is 2. The smallest absolute Gasteiger partial charge is 0.221 e. The molecule has 0 aliphatic rings. The molecule has 0 bridgehead atoms. The fourth-order valence-corrected chi connectivity index (χ4v) is 1.54. The van der Waals surface area contributed by atoms with E-state index in [-0.39, 0.29) is 18.3 Å². The van der Waals surface area contributed by atoms with Gasteiger partial charge < -0.3 is 15.8 Å². The summed E-state index contributed by atoms with van der Waals surface area (Å²) in [6.07, 6.45) is 0.